The monoisotopic (exact) mass is 336 g/mol. The molecule has 2 aromatic rings. The molecule has 130 valence electrons. The van der Waals surface area contributed by atoms with Crippen molar-refractivity contribution < 1.29 is 9.59 Å². The summed E-state index contributed by atoms with van der Waals surface area (Å²) >= 11 is 0. The quantitative estimate of drug-likeness (QED) is 0.853. The van der Waals surface area contributed by atoms with Crippen LogP contribution in [0.5, 0.6) is 0 Å². The third kappa shape index (κ3) is 2.60. The van der Waals surface area contributed by atoms with Gasteiger partial charge >= 0.3 is 0 Å². The normalized spacial score (nSPS) is 18.7. The van der Waals surface area contributed by atoms with Crippen molar-refractivity contribution in [3.63, 3.8) is 0 Å². The van der Waals surface area contributed by atoms with Gasteiger partial charge in [-0.2, -0.15) is 0 Å². The lowest BCUT2D eigenvalue weighted by Gasteiger charge is -2.29. The first-order valence-corrected chi connectivity index (χ1v) is 9.02. The van der Waals surface area contributed by atoms with E-state index in [0.717, 1.165) is 48.3 Å². The Kier molecular flexibility index (Phi) is 3.60. The molecule has 0 radical (unpaired) electrons. The Morgan fingerprint density at radius 2 is 1.96 bits per heavy atom. The van der Waals surface area contributed by atoms with E-state index in [1.165, 1.54) is 5.56 Å². The maximum atomic E-state index is 13.3. The van der Waals surface area contributed by atoms with Gasteiger partial charge in [-0.05, 0) is 48.8 Å². The molecule has 4 nitrogen and oxygen atoms in total. The number of fused-ring (bicyclic) bond motifs is 2. The maximum Gasteiger partial charge on any atom is 0.274 e. The van der Waals surface area contributed by atoms with Crippen LogP contribution in [0.2, 0.25) is 0 Å². The van der Waals surface area contributed by atoms with Crippen molar-refractivity contribution in [2.75, 3.05) is 11.4 Å². The number of hydrogen-bond donors (Lipinski definition) is 1. The third-order valence-electron chi connectivity index (χ3n) is 5.47. The average Bonchev–Trinajstić information content (AvgIpc) is 2.89. The number of aromatic nitrogens is 1. The summed E-state index contributed by atoms with van der Waals surface area (Å²) in [5, 5.41) is 0. The first-order chi connectivity index (χ1) is 11.9. The number of anilines is 1. The Morgan fingerprint density at radius 1 is 1.20 bits per heavy atom. The summed E-state index contributed by atoms with van der Waals surface area (Å²) in [6.45, 7) is 6.83. The predicted octanol–water partition coefficient (Wildman–Crippen LogP) is 4.07. The summed E-state index contributed by atoms with van der Waals surface area (Å²) in [5.41, 5.74) is 5.21. The van der Waals surface area contributed by atoms with Gasteiger partial charge in [0, 0.05) is 29.9 Å². The number of rotatable bonds is 1. The minimum Gasteiger partial charge on any atom is -0.354 e. The molecule has 0 bridgehead atoms. The molecule has 1 aliphatic carbocycles. The van der Waals surface area contributed by atoms with Gasteiger partial charge in [-0.25, -0.2) is 0 Å². The van der Waals surface area contributed by atoms with Crippen molar-refractivity contribution in [1.82, 2.24) is 4.98 Å². The smallest absolute Gasteiger partial charge is 0.274 e. The van der Waals surface area contributed by atoms with Crippen LogP contribution in [0, 0.1) is 12.3 Å². The van der Waals surface area contributed by atoms with Crippen molar-refractivity contribution in [2.45, 2.75) is 46.5 Å². The van der Waals surface area contributed by atoms with Gasteiger partial charge in [0.05, 0.1) is 0 Å². The highest BCUT2D eigenvalue weighted by Gasteiger charge is 2.36. The van der Waals surface area contributed by atoms with Gasteiger partial charge in [0.15, 0.2) is 5.78 Å². The van der Waals surface area contributed by atoms with Gasteiger partial charge in [0.25, 0.3) is 5.91 Å². The largest absolute Gasteiger partial charge is 0.354 e. The lowest BCUT2D eigenvalue weighted by molar-refractivity contribution is 0.0910. The van der Waals surface area contributed by atoms with Gasteiger partial charge < -0.3 is 9.88 Å². The Balaban J connectivity index is 1.75. The number of hydrogen-bond acceptors (Lipinski definition) is 2. The van der Waals surface area contributed by atoms with Crippen LogP contribution < -0.4 is 4.90 Å². The van der Waals surface area contributed by atoms with Crippen molar-refractivity contribution in [1.29, 1.82) is 0 Å². The molecular formula is C21H24N2O2. The Morgan fingerprint density at radius 3 is 2.76 bits per heavy atom. The minimum atomic E-state index is -0.0561. The fourth-order valence-corrected chi connectivity index (χ4v) is 4.33. The topological polar surface area (TPSA) is 53.2 Å². The first kappa shape index (κ1) is 16.1. The molecule has 1 aromatic carbocycles. The van der Waals surface area contributed by atoms with E-state index in [-0.39, 0.29) is 17.1 Å². The Bertz CT molecular complexity index is 876. The SMILES string of the molecule is Cc1c(C(=O)N2CCCc3ccccc32)[nH]c2c1C(=O)CC(C)(C)C2. The zero-order valence-electron chi connectivity index (χ0n) is 15.1. The standard InChI is InChI=1S/C21H24N2O2/c1-13-18-15(11-21(2,3)12-17(18)24)22-19(13)20(25)23-10-6-8-14-7-4-5-9-16(14)23/h4-5,7,9,22H,6,8,10-12H2,1-3H3. The molecule has 0 atom stereocenters. The fraction of sp³-hybridized carbons (Fsp3) is 0.429. The van der Waals surface area contributed by atoms with Crippen molar-refractivity contribution in [2.24, 2.45) is 5.41 Å². The number of carbonyl (C=O) groups excluding carboxylic acids is 2. The molecule has 0 unspecified atom stereocenters. The molecule has 25 heavy (non-hydrogen) atoms. The van der Waals surface area contributed by atoms with E-state index in [9.17, 15) is 9.59 Å². The molecule has 0 saturated carbocycles. The van der Waals surface area contributed by atoms with Crippen LogP contribution in [0.1, 0.15) is 64.4 Å². The summed E-state index contributed by atoms with van der Waals surface area (Å²) in [4.78, 5) is 31.0. The molecule has 0 saturated heterocycles. The number of amides is 1. The number of H-pyrrole nitrogens is 1. The number of nitrogens with zero attached hydrogens (tertiary/aromatic N) is 1. The van der Waals surface area contributed by atoms with Crippen LogP contribution >= 0.6 is 0 Å². The number of aromatic amines is 1. The van der Waals surface area contributed by atoms with Crippen LogP contribution in [0.25, 0.3) is 0 Å². The van der Waals surface area contributed by atoms with Gasteiger partial charge in [-0.1, -0.05) is 32.0 Å². The van der Waals surface area contributed by atoms with Gasteiger partial charge in [0.2, 0.25) is 0 Å². The summed E-state index contributed by atoms with van der Waals surface area (Å²) in [6.07, 6.45) is 3.32. The molecular weight excluding hydrogens is 312 g/mol. The first-order valence-electron chi connectivity index (χ1n) is 9.02. The van der Waals surface area contributed by atoms with Crippen LogP contribution in [0.15, 0.2) is 24.3 Å². The highest BCUT2D eigenvalue weighted by Crippen LogP contribution is 2.37. The molecule has 0 spiro atoms. The van der Waals surface area contributed by atoms with Crippen LogP contribution in [0.3, 0.4) is 0 Å². The van der Waals surface area contributed by atoms with E-state index in [1.54, 1.807) is 0 Å². The van der Waals surface area contributed by atoms with E-state index in [0.29, 0.717) is 12.1 Å². The number of Topliss-reactive ketones (excluding diaryl/α,β-unsaturated/α-hetero) is 1. The summed E-state index contributed by atoms with van der Waals surface area (Å²) < 4.78 is 0. The number of benzene rings is 1. The highest BCUT2D eigenvalue weighted by atomic mass is 16.2. The van der Waals surface area contributed by atoms with E-state index in [1.807, 2.05) is 30.0 Å². The average molecular weight is 336 g/mol. The van der Waals surface area contributed by atoms with Crippen LogP contribution in [-0.4, -0.2) is 23.2 Å². The molecule has 1 amide bonds. The summed E-state index contributed by atoms with van der Waals surface area (Å²) in [5.74, 6) is 0.128. The van der Waals surface area contributed by atoms with E-state index in [4.69, 9.17) is 0 Å². The molecule has 1 aromatic heterocycles. The van der Waals surface area contributed by atoms with Crippen LogP contribution in [-0.2, 0) is 12.8 Å². The summed E-state index contributed by atoms with van der Waals surface area (Å²) in [7, 11) is 0. The second-order valence-corrected chi connectivity index (χ2v) is 8.11. The number of carbonyl (C=O) groups is 2. The van der Waals surface area contributed by atoms with E-state index in [2.05, 4.69) is 24.9 Å². The van der Waals surface area contributed by atoms with Crippen molar-refractivity contribution in [3.05, 3.63) is 52.3 Å². The van der Waals surface area contributed by atoms with Gasteiger partial charge in [-0.3, -0.25) is 9.59 Å². The molecule has 1 aliphatic heterocycles. The molecule has 2 heterocycles. The number of ketones is 1. The number of para-hydroxylation sites is 1. The van der Waals surface area contributed by atoms with Crippen molar-refractivity contribution >= 4 is 17.4 Å². The molecule has 4 rings (SSSR count). The Labute approximate surface area is 148 Å². The zero-order valence-corrected chi connectivity index (χ0v) is 15.1. The predicted molar refractivity (Wildman–Crippen MR) is 98.4 cm³/mol. The highest BCUT2D eigenvalue weighted by molar-refractivity contribution is 6.10. The minimum absolute atomic E-state index is 0.0235. The summed E-state index contributed by atoms with van der Waals surface area (Å²) in [6, 6.07) is 8.10. The van der Waals surface area contributed by atoms with E-state index < -0.39 is 0 Å². The van der Waals surface area contributed by atoms with Gasteiger partial charge in [0.1, 0.15) is 5.69 Å². The zero-order chi connectivity index (χ0) is 17.8. The third-order valence-corrected chi connectivity index (χ3v) is 5.47. The Hall–Kier alpha value is -2.36. The van der Waals surface area contributed by atoms with Crippen LogP contribution in [0.4, 0.5) is 5.69 Å². The second-order valence-electron chi connectivity index (χ2n) is 8.11. The fourth-order valence-electron chi connectivity index (χ4n) is 4.33. The lowest BCUT2D eigenvalue weighted by Crippen LogP contribution is -2.36. The number of aryl methyl sites for hydroxylation is 1. The number of nitrogens with one attached hydrogen (secondary N) is 1. The van der Waals surface area contributed by atoms with E-state index >= 15 is 0 Å². The molecule has 0 fully saturated rings. The maximum absolute atomic E-state index is 13.3. The molecule has 2 aliphatic rings. The molecule has 4 heteroatoms. The second kappa shape index (κ2) is 5.58. The van der Waals surface area contributed by atoms with Crippen molar-refractivity contribution in [3.8, 4) is 0 Å². The lowest BCUT2D eigenvalue weighted by atomic mass is 9.75. The molecule has 1 N–H and O–H groups in total. The van der Waals surface area contributed by atoms with Gasteiger partial charge in [-0.15, -0.1) is 0 Å².